The lowest BCUT2D eigenvalue weighted by molar-refractivity contribution is -0.104. The molecule has 0 aromatic heterocycles. The van der Waals surface area contributed by atoms with Crippen LogP contribution in [0, 0.1) is 0 Å². The van der Waals surface area contributed by atoms with E-state index < -0.39 is 24.1 Å². The highest BCUT2D eigenvalue weighted by atomic mass is 16.5. The molecule has 4 N–H and O–H groups in total. The van der Waals surface area contributed by atoms with Crippen molar-refractivity contribution in [3.8, 4) is 0 Å². The fourth-order valence-electron chi connectivity index (χ4n) is 2.71. The summed E-state index contributed by atoms with van der Waals surface area (Å²) in [6.45, 7) is 0.0109. The Balaban J connectivity index is 1.81. The summed E-state index contributed by atoms with van der Waals surface area (Å²) in [5, 5.41) is 19.0. The number of rotatable bonds is 4. The van der Waals surface area contributed by atoms with E-state index in [1.165, 1.54) is 18.5 Å². The Kier molecular flexibility index (Phi) is 3.87. The molecule has 118 valence electrons. The zero-order valence-electron chi connectivity index (χ0n) is 11.7. The topological polar surface area (TPSA) is 133 Å². The maximum absolute atomic E-state index is 10.5. The first-order valence-electron chi connectivity index (χ1n) is 6.89. The normalized spacial score (nSPS) is 37.4. The van der Waals surface area contributed by atoms with Crippen LogP contribution in [-0.4, -0.2) is 76.7 Å². The third-order valence-corrected chi connectivity index (χ3v) is 3.86. The minimum atomic E-state index is -1.24. The third-order valence-electron chi connectivity index (χ3n) is 3.86. The largest absolute Gasteiger partial charge is 0.394 e. The average molecular weight is 307 g/mol. The monoisotopic (exact) mass is 307 g/mol. The molecule has 9 nitrogen and oxygen atoms in total. The van der Waals surface area contributed by atoms with Crippen molar-refractivity contribution >= 4 is 24.2 Å². The van der Waals surface area contributed by atoms with Crippen molar-refractivity contribution in [2.75, 3.05) is 13.3 Å². The summed E-state index contributed by atoms with van der Waals surface area (Å²) in [6.07, 6.45) is 3.18. The summed E-state index contributed by atoms with van der Waals surface area (Å²) in [4.78, 5) is 24.9. The van der Waals surface area contributed by atoms with Gasteiger partial charge in [0.2, 0.25) is 0 Å². The molecule has 1 fully saturated rings. The Labute approximate surface area is 126 Å². The number of ether oxygens (including phenoxy) is 1. The van der Waals surface area contributed by atoms with Crippen LogP contribution >= 0.6 is 0 Å². The summed E-state index contributed by atoms with van der Waals surface area (Å²) in [6, 6.07) is 0. The molecule has 4 atom stereocenters. The van der Waals surface area contributed by atoms with E-state index in [1.807, 2.05) is 0 Å². The maximum atomic E-state index is 10.5. The van der Waals surface area contributed by atoms with Crippen LogP contribution in [0.4, 0.5) is 0 Å². The first kappa shape index (κ1) is 15.0. The molecule has 0 bridgehead atoms. The molecule has 1 saturated heterocycles. The predicted molar refractivity (Wildman–Crippen MR) is 78.6 cm³/mol. The van der Waals surface area contributed by atoms with Crippen LogP contribution in [0.3, 0.4) is 0 Å². The van der Waals surface area contributed by atoms with Crippen molar-refractivity contribution in [2.45, 2.75) is 30.5 Å². The molecule has 0 aromatic carbocycles. The molecule has 0 spiro atoms. The number of aliphatic hydroxyl groups is 2. The molecule has 3 heterocycles. The number of allylic oxidation sites excluding steroid dienone is 1. The number of carbonyl (C=O) groups is 1. The summed E-state index contributed by atoms with van der Waals surface area (Å²) < 4.78 is 5.62. The number of hydrogen-bond donors (Lipinski definition) is 3. The van der Waals surface area contributed by atoms with Gasteiger partial charge in [-0.05, 0) is 12.2 Å². The van der Waals surface area contributed by atoms with Gasteiger partial charge in [0.15, 0.2) is 11.5 Å². The van der Waals surface area contributed by atoms with Gasteiger partial charge in [0.25, 0.3) is 0 Å². The first-order valence-corrected chi connectivity index (χ1v) is 6.89. The van der Waals surface area contributed by atoms with Gasteiger partial charge in [0.05, 0.1) is 12.7 Å². The van der Waals surface area contributed by atoms with Crippen molar-refractivity contribution in [1.82, 2.24) is 4.90 Å². The number of aldehydes is 1. The van der Waals surface area contributed by atoms with E-state index in [4.69, 9.17) is 15.6 Å². The highest BCUT2D eigenvalue weighted by molar-refractivity contribution is 6.47. The Morgan fingerprint density at radius 2 is 2.41 bits per heavy atom. The maximum Gasteiger partial charge on any atom is 0.175 e. The average Bonchev–Trinajstić information content (AvgIpc) is 3.09. The van der Waals surface area contributed by atoms with E-state index in [0.29, 0.717) is 24.3 Å². The Bertz CT molecular complexity index is 587. The smallest absolute Gasteiger partial charge is 0.175 e. The second-order valence-electron chi connectivity index (χ2n) is 5.25. The van der Waals surface area contributed by atoms with E-state index in [2.05, 4.69) is 15.0 Å². The van der Waals surface area contributed by atoms with Crippen molar-refractivity contribution in [3.63, 3.8) is 0 Å². The molecule has 1 unspecified atom stereocenters. The first-order chi connectivity index (χ1) is 10.6. The lowest BCUT2D eigenvalue weighted by atomic mass is 10.0. The van der Waals surface area contributed by atoms with Crippen LogP contribution in [-0.2, 0) is 9.53 Å². The van der Waals surface area contributed by atoms with Crippen LogP contribution in [0.5, 0.6) is 0 Å². The van der Waals surface area contributed by atoms with Crippen LogP contribution < -0.4 is 5.73 Å². The molecule has 22 heavy (non-hydrogen) atoms. The highest BCUT2D eigenvalue weighted by Crippen LogP contribution is 2.28. The Morgan fingerprint density at radius 1 is 1.59 bits per heavy atom. The van der Waals surface area contributed by atoms with Gasteiger partial charge < -0.3 is 19.8 Å². The molecule has 9 heteroatoms. The van der Waals surface area contributed by atoms with Crippen LogP contribution in [0.2, 0.25) is 0 Å². The Morgan fingerprint density at radius 3 is 3.09 bits per heavy atom. The van der Waals surface area contributed by atoms with Crippen molar-refractivity contribution < 1.29 is 19.7 Å². The highest BCUT2D eigenvalue weighted by Gasteiger charge is 2.45. The second kappa shape index (κ2) is 5.69. The molecule has 0 radical (unpaired) electrons. The van der Waals surface area contributed by atoms with E-state index in [-0.39, 0.29) is 13.3 Å². The minimum absolute atomic E-state index is 0.254. The van der Waals surface area contributed by atoms with Crippen molar-refractivity contribution in [2.24, 2.45) is 20.7 Å². The van der Waals surface area contributed by atoms with E-state index in [1.54, 1.807) is 4.90 Å². The second-order valence-corrected chi connectivity index (χ2v) is 5.25. The number of amidine groups is 1. The third kappa shape index (κ3) is 2.37. The lowest BCUT2D eigenvalue weighted by Gasteiger charge is -2.29. The van der Waals surface area contributed by atoms with Gasteiger partial charge in [-0.15, -0.1) is 0 Å². The number of carbonyl (C=O) groups excluding carboxylic acids is 1. The zero-order valence-corrected chi connectivity index (χ0v) is 11.7. The molecule has 0 aromatic rings. The van der Waals surface area contributed by atoms with Gasteiger partial charge in [0.1, 0.15) is 37.3 Å². The van der Waals surface area contributed by atoms with Crippen LogP contribution in [0.15, 0.2) is 27.1 Å². The molecular weight excluding hydrogens is 290 g/mol. The van der Waals surface area contributed by atoms with Gasteiger partial charge in [0, 0.05) is 6.42 Å². The summed E-state index contributed by atoms with van der Waals surface area (Å²) in [5.74, 6) is 0.504. The molecule has 3 rings (SSSR count). The number of nitrogens with two attached hydrogens (primary N) is 1. The van der Waals surface area contributed by atoms with Crippen LogP contribution in [0.1, 0.15) is 6.42 Å². The van der Waals surface area contributed by atoms with Crippen molar-refractivity contribution in [3.05, 3.63) is 12.2 Å². The van der Waals surface area contributed by atoms with Crippen molar-refractivity contribution in [1.29, 1.82) is 0 Å². The lowest BCUT2D eigenvalue weighted by Crippen LogP contribution is -2.53. The molecule has 3 aliphatic rings. The number of aliphatic hydroxyl groups excluding tert-OH is 2. The molecule has 0 aliphatic carbocycles. The fraction of sp³-hybridized carbons (Fsp3) is 0.538. The van der Waals surface area contributed by atoms with Gasteiger partial charge in [-0.2, -0.15) is 0 Å². The quantitative estimate of drug-likeness (QED) is 0.407. The zero-order chi connectivity index (χ0) is 15.7. The van der Waals surface area contributed by atoms with Gasteiger partial charge in [-0.25, -0.2) is 9.98 Å². The van der Waals surface area contributed by atoms with E-state index in [9.17, 15) is 9.90 Å². The fourth-order valence-corrected chi connectivity index (χ4v) is 2.71. The molecule has 3 aliphatic heterocycles. The molecule has 0 amide bonds. The molecular formula is C13H17N5O4. The van der Waals surface area contributed by atoms with Gasteiger partial charge in [-0.3, -0.25) is 15.5 Å². The number of aliphatic imine (C=N–C) groups is 3. The van der Waals surface area contributed by atoms with E-state index >= 15 is 0 Å². The number of hydrogen-bond acceptors (Lipinski definition) is 9. The summed E-state index contributed by atoms with van der Waals surface area (Å²) in [5.41, 5.74) is 5.37. The minimum Gasteiger partial charge on any atom is -0.394 e. The van der Waals surface area contributed by atoms with Gasteiger partial charge >= 0.3 is 0 Å². The number of nitrogens with zero attached hydrogens (tertiary/aromatic N) is 4. The predicted octanol–water partition coefficient (Wildman–Crippen LogP) is -1.98. The number of fused-ring (bicyclic) bond motifs is 1. The van der Waals surface area contributed by atoms with E-state index in [0.717, 1.165) is 0 Å². The van der Waals surface area contributed by atoms with Crippen LogP contribution in [0.25, 0.3) is 0 Å². The molecule has 0 saturated carbocycles. The standard InChI is InChI=1S/C13H17N5O4/c14-13(2-1-3-19)11-12(15-6-17-13)18(7-16-11)10-4-8(21)9(5-20)22-10/h1-3,6,8-10,20-21H,4-5,7,14H2/t8-,9+,10+,13?/m0/s1. The SMILES string of the molecule is NC1(C=CC=O)N=CN=C2C1=NCN2[C@H]1C[C@H](O)[C@@H](CO)O1. The summed E-state index contributed by atoms with van der Waals surface area (Å²) in [7, 11) is 0. The summed E-state index contributed by atoms with van der Waals surface area (Å²) >= 11 is 0. The van der Waals surface area contributed by atoms with Gasteiger partial charge in [-0.1, -0.05) is 0 Å². The Hall–Kier alpha value is -1.94.